The van der Waals surface area contributed by atoms with Crippen molar-refractivity contribution in [1.29, 1.82) is 0 Å². The highest BCUT2D eigenvalue weighted by molar-refractivity contribution is 7.90. The molecule has 206 valence electrons. The fourth-order valence-electron chi connectivity index (χ4n) is 3.36. The van der Waals surface area contributed by atoms with Crippen LogP contribution in [0, 0.1) is 0 Å². The summed E-state index contributed by atoms with van der Waals surface area (Å²) in [6.45, 7) is -0.265. The number of hydrogen-bond acceptors (Lipinski definition) is 10. The van der Waals surface area contributed by atoms with E-state index in [1.807, 2.05) is 0 Å². The van der Waals surface area contributed by atoms with E-state index in [1.165, 1.54) is 62.8 Å². The number of sulfonamides is 2. The molecule has 15 heteroatoms. The van der Waals surface area contributed by atoms with Gasteiger partial charge in [-0.2, -0.15) is 0 Å². The molecule has 2 atom stereocenters. The van der Waals surface area contributed by atoms with Crippen LogP contribution in [0.25, 0.3) is 0 Å². The van der Waals surface area contributed by atoms with Crippen LogP contribution in [0.4, 0.5) is 0 Å². The second kappa shape index (κ2) is 12.6. The first-order valence-electron chi connectivity index (χ1n) is 11.3. The van der Waals surface area contributed by atoms with E-state index in [0.717, 1.165) is 0 Å². The SMILES string of the molecule is COc1ccc(S(=O)(=O)NC(N)=N[C@@H]2/C=C\CCN=C(NS(=O)(=O)c3ccc(OC)cc3)N[C@H]2CO)cc1. The number of aliphatic hydroxyl groups is 1. The Labute approximate surface area is 221 Å². The number of aliphatic imine (C=N–C) groups is 2. The predicted octanol–water partition coefficient (Wildman–Crippen LogP) is -0.0897. The summed E-state index contributed by atoms with van der Waals surface area (Å²) in [6.07, 6.45) is 3.78. The first-order valence-corrected chi connectivity index (χ1v) is 14.3. The molecule has 13 nitrogen and oxygen atoms in total. The smallest absolute Gasteiger partial charge is 0.264 e. The molecule has 38 heavy (non-hydrogen) atoms. The van der Waals surface area contributed by atoms with E-state index in [2.05, 4.69) is 24.7 Å². The van der Waals surface area contributed by atoms with E-state index >= 15 is 0 Å². The maximum absolute atomic E-state index is 12.9. The molecule has 0 radical (unpaired) electrons. The standard InChI is InChI=1S/C23H30N6O7S2/c1-35-16-6-10-18(11-7-16)37(31,32)28-22(24)26-20-5-3-4-14-25-23(27-21(20)15-30)29-38(33,34)19-12-8-17(36-2)9-13-19/h3,5-13,20-21,30H,4,14-15H2,1-2H3,(H3,24,26,28)(H2,25,27,29)/b5-3-/t20-,21+/m1/s1. The third-order valence-electron chi connectivity index (χ3n) is 5.33. The van der Waals surface area contributed by atoms with E-state index in [4.69, 9.17) is 15.2 Å². The highest BCUT2D eigenvalue weighted by atomic mass is 32.2. The van der Waals surface area contributed by atoms with Crippen LogP contribution < -0.4 is 30.0 Å². The molecule has 3 rings (SSSR count). The van der Waals surface area contributed by atoms with Crippen LogP contribution in [-0.2, 0) is 20.0 Å². The molecule has 0 saturated heterocycles. The van der Waals surface area contributed by atoms with Crippen LogP contribution in [0.5, 0.6) is 11.5 Å². The molecule has 0 spiro atoms. The van der Waals surface area contributed by atoms with Crippen molar-refractivity contribution in [3.8, 4) is 11.5 Å². The summed E-state index contributed by atoms with van der Waals surface area (Å²) >= 11 is 0. The van der Waals surface area contributed by atoms with E-state index in [9.17, 15) is 21.9 Å². The molecule has 0 aliphatic carbocycles. The Balaban J connectivity index is 1.78. The minimum absolute atomic E-state index is 0.0203. The fourth-order valence-corrected chi connectivity index (χ4v) is 5.29. The van der Waals surface area contributed by atoms with Crippen molar-refractivity contribution < 1.29 is 31.4 Å². The van der Waals surface area contributed by atoms with Gasteiger partial charge in [0.15, 0.2) is 0 Å². The lowest BCUT2D eigenvalue weighted by Gasteiger charge is -2.23. The molecule has 2 aromatic rings. The maximum atomic E-state index is 12.9. The summed E-state index contributed by atoms with van der Waals surface area (Å²) in [5.74, 6) is 0.445. The molecule has 0 fully saturated rings. The average Bonchev–Trinajstić information content (AvgIpc) is 2.98. The summed E-state index contributed by atoms with van der Waals surface area (Å²) < 4.78 is 65.8. The molecule has 0 aromatic heterocycles. The van der Waals surface area contributed by atoms with E-state index in [-0.39, 0.29) is 22.3 Å². The van der Waals surface area contributed by atoms with Gasteiger partial charge in [-0.1, -0.05) is 12.2 Å². The van der Waals surface area contributed by atoms with Gasteiger partial charge in [-0.05, 0) is 55.0 Å². The Hall–Kier alpha value is -3.82. The molecule has 0 unspecified atom stereocenters. The minimum atomic E-state index is -4.05. The summed E-state index contributed by atoms with van der Waals surface area (Å²) in [7, 11) is -5.13. The van der Waals surface area contributed by atoms with Gasteiger partial charge in [0.1, 0.15) is 11.5 Å². The first-order chi connectivity index (χ1) is 18.1. The third-order valence-corrected chi connectivity index (χ3v) is 8.05. The third kappa shape index (κ3) is 7.60. The minimum Gasteiger partial charge on any atom is -0.497 e. The molecular formula is C23H30N6O7S2. The fraction of sp³-hybridized carbons (Fsp3) is 0.304. The van der Waals surface area contributed by atoms with Crippen molar-refractivity contribution in [1.82, 2.24) is 14.8 Å². The van der Waals surface area contributed by atoms with Crippen molar-refractivity contribution in [2.45, 2.75) is 28.3 Å². The molecule has 2 aromatic carbocycles. The maximum Gasteiger partial charge on any atom is 0.264 e. The number of guanidine groups is 2. The Morgan fingerprint density at radius 3 is 2.11 bits per heavy atom. The number of methoxy groups -OCH3 is 2. The molecular weight excluding hydrogens is 536 g/mol. The highest BCUT2D eigenvalue weighted by Gasteiger charge is 2.25. The van der Waals surface area contributed by atoms with Crippen molar-refractivity contribution in [3.05, 3.63) is 60.7 Å². The van der Waals surface area contributed by atoms with E-state index in [0.29, 0.717) is 17.9 Å². The molecule has 6 N–H and O–H groups in total. The lowest BCUT2D eigenvalue weighted by molar-refractivity contribution is 0.247. The van der Waals surface area contributed by atoms with Crippen LogP contribution in [-0.4, -0.2) is 73.3 Å². The zero-order valence-corrected chi connectivity index (χ0v) is 22.4. The zero-order valence-electron chi connectivity index (χ0n) is 20.7. The monoisotopic (exact) mass is 566 g/mol. The van der Waals surface area contributed by atoms with Gasteiger partial charge in [0.2, 0.25) is 11.9 Å². The van der Waals surface area contributed by atoms with Crippen LogP contribution >= 0.6 is 0 Å². The number of rotatable bonds is 8. The lowest BCUT2D eigenvalue weighted by atomic mass is 10.1. The highest BCUT2D eigenvalue weighted by Crippen LogP contribution is 2.17. The second-order valence-corrected chi connectivity index (χ2v) is 11.3. The molecule has 1 aliphatic heterocycles. The second-order valence-electron chi connectivity index (χ2n) is 7.95. The zero-order chi connectivity index (χ0) is 27.8. The van der Waals surface area contributed by atoms with Crippen LogP contribution in [0.15, 0.2) is 80.5 Å². The van der Waals surface area contributed by atoms with Gasteiger partial charge in [-0.25, -0.2) is 31.3 Å². The number of nitrogens with one attached hydrogen (secondary N) is 3. The van der Waals surface area contributed by atoms with Gasteiger partial charge in [-0.15, -0.1) is 0 Å². The summed E-state index contributed by atoms with van der Waals surface area (Å²) in [6, 6.07) is 9.69. The summed E-state index contributed by atoms with van der Waals surface area (Å²) in [5.41, 5.74) is 5.91. The molecule has 0 bridgehead atoms. The molecule has 0 amide bonds. The topological polar surface area (TPSA) is 194 Å². The van der Waals surface area contributed by atoms with Crippen molar-refractivity contribution in [3.63, 3.8) is 0 Å². The predicted molar refractivity (Wildman–Crippen MR) is 142 cm³/mol. The number of nitrogens with zero attached hydrogens (tertiary/aromatic N) is 2. The lowest BCUT2D eigenvalue weighted by Crippen LogP contribution is -2.51. The average molecular weight is 567 g/mol. The Bertz CT molecular complexity index is 1390. The quantitative estimate of drug-likeness (QED) is 0.165. The first kappa shape index (κ1) is 28.7. The van der Waals surface area contributed by atoms with E-state index < -0.39 is 44.7 Å². The largest absolute Gasteiger partial charge is 0.497 e. The van der Waals surface area contributed by atoms with E-state index in [1.54, 1.807) is 12.2 Å². The molecule has 0 saturated carbocycles. The number of nitrogens with two attached hydrogens (primary N) is 1. The number of aliphatic hydroxyl groups excluding tert-OH is 1. The van der Waals surface area contributed by atoms with Crippen LogP contribution in [0.2, 0.25) is 0 Å². The van der Waals surface area contributed by atoms with Gasteiger partial charge in [0, 0.05) is 6.54 Å². The number of ether oxygens (including phenoxy) is 2. The Morgan fingerprint density at radius 1 is 1.03 bits per heavy atom. The van der Waals surface area contributed by atoms with Crippen molar-refractivity contribution >= 4 is 32.0 Å². The molecule has 1 aliphatic rings. The Morgan fingerprint density at radius 2 is 1.58 bits per heavy atom. The van der Waals surface area contributed by atoms with Gasteiger partial charge in [-0.3, -0.25) is 4.99 Å². The number of benzene rings is 2. The van der Waals surface area contributed by atoms with Crippen LogP contribution in [0.3, 0.4) is 0 Å². The van der Waals surface area contributed by atoms with Crippen molar-refractivity contribution in [2.75, 3.05) is 27.4 Å². The van der Waals surface area contributed by atoms with Gasteiger partial charge >= 0.3 is 0 Å². The van der Waals surface area contributed by atoms with Gasteiger partial charge in [0.25, 0.3) is 20.0 Å². The van der Waals surface area contributed by atoms with Crippen LogP contribution in [0.1, 0.15) is 6.42 Å². The van der Waals surface area contributed by atoms with Crippen molar-refractivity contribution in [2.24, 2.45) is 15.7 Å². The summed E-state index contributed by atoms with van der Waals surface area (Å²) in [4.78, 5) is 8.37. The Kier molecular flexibility index (Phi) is 9.55. The van der Waals surface area contributed by atoms with Gasteiger partial charge in [0.05, 0.1) is 42.7 Å². The normalized spacial score (nSPS) is 19.6. The van der Waals surface area contributed by atoms with Gasteiger partial charge < -0.3 is 25.6 Å². The summed E-state index contributed by atoms with van der Waals surface area (Å²) in [5, 5.41) is 12.9. The number of hydrogen-bond donors (Lipinski definition) is 5. The molecule has 1 heterocycles.